The lowest BCUT2D eigenvalue weighted by molar-refractivity contribution is -0.343. The number of carbonyl (C=O) groups is 5. The summed E-state index contributed by atoms with van der Waals surface area (Å²) in [6.07, 6.45) is -18.7. The number of carboxylic acids is 1. The first-order valence-electron chi connectivity index (χ1n) is 26.4. The molecule has 4 aliphatic rings. The standard InChI is InChI=1S/C45H78N4O30S3/c1-4-26-19-27(41(57)47-12-11-46-32(52)10-14-70-16-17-71-15-13-48-42(58)39(79-82(67,68)69)31(78-81(64,65)66)22-72-80(61,62)63)20-28(38(26)77-45-37(56)36(55)34(53)23(2)73-45)75-44-33(49-24(3)51)40(35(54)30(21-50)76-44)74-29(43(59)60)18-25-8-6-5-7-9-25/h23,25-31,33-40,44-45,50,53-56H,4-22H2,1-3H3,(H,46,52)(H,47,57)(H,48,58)(H,49,51)(H,59,60)(H,61,62,63)(H,64,65,66)(H,67,68,69)/p-4/t23?,26?,27?,28-,29+,30+,31+,33?,34-,35+,36+,37?,38-,39+,40?,44-,45+/m1/s1. The summed E-state index contributed by atoms with van der Waals surface area (Å²) in [6, 6.07) is -1.43. The second-order valence-corrected chi connectivity index (χ2v) is 23.0. The minimum absolute atomic E-state index is 0.0282. The zero-order valence-electron chi connectivity index (χ0n) is 45.0. The van der Waals surface area contributed by atoms with Crippen molar-refractivity contribution in [2.45, 2.75) is 177 Å². The Morgan fingerprint density at radius 3 is 1.96 bits per heavy atom. The fourth-order valence-corrected chi connectivity index (χ4v) is 11.1. The topological polar surface area (TPSA) is 522 Å². The molecule has 0 bridgehead atoms. The molecule has 4 amide bonds. The van der Waals surface area contributed by atoms with Gasteiger partial charge in [0, 0.05) is 38.9 Å². The van der Waals surface area contributed by atoms with Gasteiger partial charge >= 0.3 is 0 Å². The van der Waals surface area contributed by atoms with Crippen LogP contribution >= 0.6 is 0 Å². The molecule has 0 radical (unpaired) electrons. The van der Waals surface area contributed by atoms with Gasteiger partial charge in [-0.05, 0) is 38.0 Å². The summed E-state index contributed by atoms with van der Waals surface area (Å²) >= 11 is 0. The van der Waals surface area contributed by atoms with E-state index in [2.05, 4.69) is 28.5 Å². The summed E-state index contributed by atoms with van der Waals surface area (Å²) < 4.78 is 152. The fraction of sp³-hybridized carbons (Fsp3) is 0.889. The first-order valence-corrected chi connectivity index (χ1v) is 30.4. The summed E-state index contributed by atoms with van der Waals surface area (Å²) in [4.78, 5) is 64.3. The molecule has 2 heterocycles. The van der Waals surface area contributed by atoms with Gasteiger partial charge in [-0.1, -0.05) is 45.4 Å². The molecular weight excluding hydrogens is 1170 g/mol. The molecule has 34 nitrogen and oxygen atoms in total. The van der Waals surface area contributed by atoms with Crippen molar-refractivity contribution in [3.05, 3.63) is 0 Å². The Labute approximate surface area is 473 Å². The highest BCUT2D eigenvalue weighted by Crippen LogP contribution is 2.40. The predicted molar refractivity (Wildman–Crippen MR) is 263 cm³/mol. The lowest BCUT2D eigenvalue weighted by atomic mass is 9.75. The van der Waals surface area contributed by atoms with Crippen molar-refractivity contribution in [1.82, 2.24) is 21.3 Å². The molecule has 0 aromatic rings. The van der Waals surface area contributed by atoms with Crippen LogP contribution < -0.4 is 26.4 Å². The molecule has 4 fully saturated rings. The van der Waals surface area contributed by atoms with E-state index in [0.29, 0.717) is 6.42 Å². The molecule has 0 spiro atoms. The maximum Gasteiger partial charge on any atom is 0.253 e. The highest BCUT2D eigenvalue weighted by atomic mass is 32.3. The molecule has 82 heavy (non-hydrogen) atoms. The minimum atomic E-state index is -5.85. The van der Waals surface area contributed by atoms with E-state index < -0.39 is 184 Å². The molecule has 4 rings (SSSR count). The third kappa shape index (κ3) is 23.7. The van der Waals surface area contributed by atoms with E-state index in [9.17, 15) is 93.5 Å². The second-order valence-electron chi connectivity index (χ2n) is 20.0. The largest absolute Gasteiger partial charge is 0.726 e. The van der Waals surface area contributed by atoms with Gasteiger partial charge in [0.25, 0.3) is 5.91 Å². The molecule has 2 saturated carbocycles. The molecule has 17 atom stereocenters. The lowest BCUT2D eigenvalue weighted by Crippen LogP contribution is -2.67. The van der Waals surface area contributed by atoms with Crippen LogP contribution in [0.2, 0.25) is 0 Å². The monoisotopic (exact) mass is 1250 g/mol. The molecule has 0 aromatic carbocycles. The van der Waals surface area contributed by atoms with Gasteiger partial charge in [-0.3, -0.25) is 31.7 Å². The molecular formula is C45H74N4O30S3-4. The van der Waals surface area contributed by atoms with Gasteiger partial charge < -0.3 is 104 Å². The number of ether oxygens (including phenoxy) is 7. The number of aliphatic hydroxyl groups is 5. The van der Waals surface area contributed by atoms with Crippen molar-refractivity contribution < 1.29 is 139 Å². The fourth-order valence-electron chi connectivity index (χ4n) is 9.89. The third-order valence-electron chi connectivity index (χ3n) is 13.9. The van der Waals surface area contributed by atoms with E-state index >= 15 is 0 Å². The highest BCUT2D eigenvalue weighted by Gasteiger charge is 2.53. The Kier molecular flexibility index (Phi) is 28.9. The Hall–Kier alpha value is -3.52. The summed E-state index contributed by atoms with van der Waals surface area (Å²) in [5.74, 6) is -6.28. The normalized spacial score (nSPS) is 30.6. The number of carbonyl (C=O) groups excluding carboxylic acids is 5. The van der Waals surface area contributed by atoms with E-state index in [1.807, 2.05) is 5.32 Å². The van der Waals surface area contributed by atoms with E-state index in [1.165, 1.54) is 6.92 Å². The Bertz CT molecular complexity index is 2390. The summed E-state index contributed by atoms with van der Waals surface area (Å²) in [5, 5.41) is 76.4. The third-order valence-corrected chi connectivity index (χ3v) is 15.2. The number of aliphatic hydroxyl groups excluding tert-OH is 5. The first-order chi connectivity index (χ1) is 38.4. The second kappa shape index (κ2) is 33.4. The van der Waals surface area contributed by atoms with Crippen molar-refractivity contribution in [1.29, 1.82) is 0 Å². The smallest absolute Gasteiger partial charge is 0.253 e. The van der Waals surface area contributed by atoms with Gasteiger partial charge in [-0.25, -0.2) is 25.3 Å². The van der Waals surface area contributed by atoms with E-state index in [1.54, 1.807) is 6.92 Å². The number of carboxylic acid groups (broad SMARTS) is 1. The average molecular weight is 1250 g/mol. The van der Waals surface area contributed by atoms with Crippen LogP contribution in [0.3, 0.4) is 0 Å². The SMILES string of the molecule is CCC1CC(C(=O)NCCNC(=O)CCOCCOCCNC(=O)[C@@H](OS(=O)(=O)[O-])[C@H](COS(=O)(=O)[O-])OS(=O)(=O)[O-])C[C@@H](O[C@@H]2O[C@@H](CO)[C@H](O)C(O[C@@H](CC3CCCCC3)C(=O)[O-])C2NC(C)=O)[C@@H]1O[C@@H]1OC(C)[C@@H](O)[C@H](O)C1O. The van der Waals surface area contributed by atoms with Crippen LogP contribution in [0.15, 0.2) is 0 Å². The highest BCUT2D eigenvalue weighted by molar-refractivity contribution is 7.81. The molecule has 2 aliphatic carbocycles. The van der Waals surface area contributed by atoms with Crippen molar-refractivity contribution >= 4 is 60.8 Å². The van der Waals surface area contributed by atoms with Gasteiger partial charge in [-0.15, -0.1) is 0 Å². The Balaban J connectivity index is 1.33. The Morgan fingerprint density at radius 2 is 1.37 bits per heavy atom. The van der Waals surface area contributed by atoms with Crippen LogP contribution in [-0.4, -0.2) is 245 Å². The number of rotatable bonds is 34. The lowest BCUT2D eigenvalue weighted by Gasteiger charge is -2.49. The van der Waals surface area contributed by atoms with Crippen molar-refractivity contribution in [2.75, 3.05) is 59.3 Å². The van der Waals surface area contributed by atoms with Crippen LogP contribution in [0.1, 0.15) is 85.0 Å². The Morgan fingerprint density at radius 1 is 0.720 bits per heavy atom. The zero-order valence-corrected chi connectivity index (χ0v) is 47.4. The van der Waals surface area contributed by atoms with Crippen LogP contribution in [0.4, 0.5) is 0 Å². The number of nitrogens with one attached hydrogen (secondary N) is 4. The number of aliphatic carboxylic acids is 1. The van der Waals surface area contributed by atoms with Crippen LogP contribution in [-0.2, 0) is 101 Å². The average Bonchev–Trinajstić information content (AvgIpc) is 3.60. The molecule has 476 valence electrons. The molecule has 37 heteroatoms. The maximum atomic E-state index is 13.9. The molecule has 9 N–H and O–H groups in total. The quantitative estimate of drug-likeness (QED) is 0.0164. The maximum absolute atomic E-state index is 13.9. The zero-order chi connectivity index (χ0) is 61.1. The van der Waals surface area contributed by atoms with Crippen LogP contribution in [0, 0.1) is 17.8 Å². The van der Waals surface area contributed by atoms with Gasteiger partial charge in [0.15, 0.2) is 18.7 Å². The predicted octanol–water partition coefficient (Wildman–Crippen LogP) is -6.98. The number of amides is 4. The number of hydrogen-bond acceptors (Lipinski definition) is 30. The van der Waals surface area contributed by atoms with Gasteiger partial charge in [0.2, 0.25) is 48.9 Å². The first kappa shape index (κ1) is 71.0. The summed E-state index contributed by atoms with van der Waals surface area (Å²) in [5.41, 5.74) is 0. The van der Waals surface area contributed by atoms with Crippen LogP contribution in [0.25, 0.3) is 0 Å². The minimum Gasteiger partial charge on any atom is -0.726 e. The molecule has 2 aliphatic heterocycles. The van der Waals surface area contributed by atoms with E-state index in [0.717, 1.165) is 39.0 Å². The number of hydrogen-bond donors (Lipinski definition) is 9. The molecule has 2 saturated heterocycles. The summed E-state index contributed by atoms with van der Waals surface area (Å²) in [6.45, 7) is 0.439. The van der Waals surface area contributed by atoms with Crippen molar-refractivity contribution in [2.24, 2.45) is 17.8 Å². The molecule has 6 unspecified atom stereocenters. The van der Waals surface area contributed by atoms with Gasteiger partial charge in [-0.2, -0.15) is 0 Å². The van der Waals surface area contributed by atoms with Crippen molar-refractivity contribution in [3.63, 3.8) is 0 Å². The van der Waals surface area contributed by atoms with Crippen molar-refractivity contribution in [3.8, 4) is 0 Å². The van der Waals surface area contributed by atoms with Gasteiger partial charge in [0.05, 0.1) is 70.0 Å². The van der Waals surface area contributed by atoms with E-state index in [4.69, 9.17) is 33.2 Å². The molecule has 0 aromatic heterocycles. The van der Waals surface area contributed by atoms with E-state index in [-0.39, 0.29) is 71.1 Å². The summed E-state index contributed by atoms with van der Waals surface area (Å²) in [7, 11) is -17.3. The van der Waals surface area contributed by atoms with Crippen LogP contribution in [0.5, 0.6) is 0 Å². The van der Waals surface area contributed by atoms with Gasteiger partial charge in [0.1, 0.15) is 48.8 Å².